The molecule has 1 aromatic rings. The first-order valence-electron chi connectivity index (χ1n) is 5.26. The molecule has 1 aromatic heterocycles. The Hall–Kier alpha value is -1.33. The molecule has 0 aliphatic carbocycles. The van der Waals surface area contributed by atoms with Gasteiger partial charge in [0.25, 0.3) is 0 Å². The Bertz CT molecular complexity index is 334. The van der Waals surface area contributed by atoms with Crippen molar-refractivity contribution < 1.29 is 14.3 Å². The third-order valence-corrected chi connectivity index (χ3v) is 2.22. The fourth-order valence-corrected chi connectivity index (χ4v) is 1.41. The van der Waals surface area contributed by atoms with Gasteiger partial charge >= 0.3 is 5.97 Å². The van der Waals surface area contributed by atoms with Crippen molar-refractivity contribution in [1.82, 2.24) is 10.2 Å². The van der Waals surface area contributed by atoms with E-state index in [4.69, 9.17) is 9.52 Å². The number of hydrogen-bond donors (Lipinski definition) is 2. The second-order valence-corrected chi connectivity index (χ2v) is 3.91. The SMILES string of the molecule is CN(C)CCCNCc1ccoc1C(=O)O. The van der Waals surface area contributed by atoms with E-state index in [0.29, 0.717) is 12.1 Å². The Morgan fingerprint density at radius 2 is 2.31 bits per heavy atom. The molecule has 0 spiro atoms. The smallest absolute Gasteiger partial charge is 0.372 e. The number of nitrogens with zero attached hydrogens (tertiary/aromatic N) is 1. The molecule has 0 radical (unpaired) electrons. The van der Waals surface area contributed by atoms with Crippen LogP contribution in [0.2, 0.25) is 0 Å². The van der Waals surface area contributed by atoms with Gasteiger partial charge in [-0.05, 0) is 39.7 Å². The predicted octanol–water partition coefficient (Wildman–Crippen LogP) is 1.02. The van der Waals surface area contributed by atoms with Crippen LogP contribution in [0.3, 0.4) is 0 Å². The van der Waals surface area contributed by atoms with Gasteiger partial charge in [0.2, 0.25) is 5.76 Å². The van der Waals surface area contributed by atoms with Crippen LogP contribution >= 0.6 is 0 Å². The summed E-state index contributed by atoms with van der Waals surface area (Å²) in [6.07, 6.45) is 2.44. The number of carbonyl (C=O) groups is 1. The van der Waals surface area contributed by atoms with Gasteiger partial charge in [0.05, 0.1) is 6.26 Å². The molecular formula is C11H18N2O3. The van der Waals surface area contributed by atoms with Gasteiger partial charge in [0.1, 0.15) is 0 Å². The molecule has 0 aliphatic rings. The average Bonchev–Trinajstić information content (AvgIpc) is 2.65. The minimum absolute atomic E-state index is 0.0279. The lowest BCUT2D eigenvalue weighted by atomic mass is 10.2. The molecule has 2 N–H and O–H groups in total. The van der Waals surface area contributed by atoms with E-state index in [1.807, 2.05) is 14.1 Å². The Labute approximate surface area is 95.0 Å². The standard InChI is InChI=1S/C11H18N2O3/c1-13(2)6-3-5-12-8-9-4-7-16-10(9)11(14)15/h4,7,12H,3,5-6,8H2,1-2H3,(H,14,15). The maximum absolute atomic E-state index is 10.7. The van der Waals surface area contributed by atoms with Crippen molar-refractivity contribution in [1.29, 1.82) is 0 Å². The third-order valence-electron chi connectivity index (χ3n) is 2.22. The van der Waals surface area contributed by atoms with Gasteiger partial charge < -0.3 is 19.7 Å². The number of furan rings is 1. The molecule has 0 unspecified atom stereocenters. The fraction of sp³-hybridized carbons (Fsp3) is 0.545. The summed E-state index contributed by atoms with van der Waals surface area (Å²) < 4.78 is 4.87. The fourth-order valence-electron chi connectivity index (χ4n) is 1.41. The zero-order valence-electron chi connectivity index (χ0n) is 9.69. The van der Waals surface area contributed by atoms with E-state index in [1.165, 1.54) is 6.26 Å². The molecule has 0 atom stereocenters. The van der Waals surface area contributed by atoms with E-state index in [-0.39, 0.29) is 5.76 Å². The monoisotopic (exact) mass is 226 g/mol. The summed E-state index contributed by atoms with van der Waals surface area (Å²) in [6.45, 7) is 2.41. The van der Waals surface area contributed by atoms with Crippen molar-refractivity contribution in [2.24, 2.45) is 0 Å². The van der Waals surface area contributed by atoms with Crippen molar-refractivity contribution in [3.8, 4) is 0 Å². The second-order valence-electron chi connectivity index (χ2n) is 3.91. The Balaban J connectivity index is 2.27. The van der Waals surface area contributed by atoms with Crippen LogP contribution in [0.1, 0.15) is 22.5 Å². The molecule has 0 saturated carbocycles. The number of rotatable bonds is 7. The summed E-state index contributed by atoms with van der Waals surface area (Å²) in [5, 5.41) is 12.0. The maximum Gasteiger partial charge on any atom is 0.372 e. The lowest BCUT2D eigenvalue weighted by Crippen LogP contribution is -2.21. The summed E-state index contributed by atoms with van der Waals surface area (Å²) in [6, 6.07) is 1.68. The van der Waals surface area contributed by atoms with E-state index in [9.17, 15) is 4.79 Å². The first kappa shape index (κ1) is 12.7. The van der Waals surface area contributed by atoms with Gasteiger partial charge in [-0.25, -0.2) is 4.79 Å². The quantitative estimate of drug-likeness (QED) is 0.679. The average molecular weight is 226 g/mol. The van der Waals surface area contributed by atoms with Crippen molar-refractivity contribution in [2.75, 3.05) is 27.2 Å². The molecule has 0 aliphatic heterocycles. The van der Waals surface area contributed by atoms with Crippen LogP contribution in [0, 0.1) is 0 Å². The van der Waals surface area contributed by atoms with Gasteiger partial charge in [0.15, 0.2) is 0 Å². The highest BCUT2D eigenvalue weighted by molar-refractivity contribution is 5.86. The van der Waals surface area contributed by atoms with Gasteiger partial charge in [-0.3, -0.25) is 0 Å². The molecule has 0 aromatic carbocycles. The van der Waals surface area contributed by atoms with Crippen molar-refractivity contribution in [3.05, 3.63) is 23.7 Å². The summed E-state index contributed by atoms with van der Waals surface area (Å²) >= 11 is 0. The van der Waals surface area contributed by atoms with Crippen molar-refractivity contribution >= 4 is 5.97 Å². The number of carboxylic acid groups (broad SMARTS) is 1. The molecule has 5 heteroatoms. The highest BCUT2D eigenvalue weighted by Crippen LogP contribution is 2.09. The highest BCUT2D eigenvalue weighted by atomic mass is 16.4. The Morgan fingerprint density at radius 3 is 2.94 bits per heavy atom. The lowest BCUT2D eigenvalue weighted by Gasteiger charge is -2.09. The zero-order valence-corrected chi connectivity index (χ0v) is 9.69. The van der Waals surface area contributed by atoms with E-state index in [2.05, 4.69) is 10.2 Å². The number of carboxylic acids is 1. The Morgan fingerprint density at radius 1 is 1.56 bits per heavy atom. The molecule has 1 heterocycles. The molecule has 0 fully saturated rings. The maximum atomic E-state index is 10.7. The van der Waals surface area contributed by atoms with E-state index in [0.717, 1.165) is 19.5 Å². The summed E-state index contributed by atoms with van der Waals surface area (Å²) in [7, 11) is 4.05. The molecule has 5 nitrogen and oxygen atoms in total. The molecule has 90 valence electrons. The minimum Gasteiger partial charge on any atom is -0.475 e. The molecule has 0 amide bonds. The number of aromatic carboxylic acids is 1. The predicted molar refractivity (Wildman–Crippen MR) is 60.5 cm³/mol. The lowest BCUT2D eigenvalue weighted by molar-refractivity contribution is 0.0660. The van der Waals surface area contributed by atoms with Crippen molar-refractivity contribution in [2.45, 2.75) is 13.0 Å². The largest absolute Gasteiger partial charge is 0.475 e. The first-order chi connectivity index (χ1) is 7.61. The van der Waals surface area contributed by atoms with Gasteiger partial charge in [-0.1, -0.05) is 0 Å². The van der Waals surface area contributed by atoms with E-state index in [1.54, 1.807) is 6.07 Å². The van der Waals surface area contributed by atoms with Gasteiger partial charge in [0, 0.05) is 12.1 Å². The van der Waals surface area contributed by atoms with Gasteiger partial charge in [-0.15, -0.1) is 0 Å². The molecule has 16 heavy (non-hydrogen) atoms. The molecule has 0 bridgehead atoms. The van der Waals surface area contributed by atoms with Crippen LogP contribution in [0.4, 0.5) is 0 Å². The second kappa shape index (κ2) is 6.30. The number of nitrogens with one attached hydrogen (secondary N) is 1. The molecular weight excluding hydrogens is 208 g/mol. The highest BCUT2D eigenvalue weighted by Gasteiger charge is 2.12. The minimum atomic E-state index is -1.02. The summed E-state index contributed by atoms with van der Waals surface area (Å²) in [5.41, 5.74) is 0.692. The van der Waals surface area contributed by atoms with Crippen LogP contribution in [0.25, 0.3) is 0 Å². The summed E-state index contributed by atoms with van der Waals surface area (Å²) in [5.74, 6) is -0.991. The van der Waals surface area contributed by atoms with E-state index < -0.39 is 5.97 Å². The normalized spacial score (nSPS) is 10.9. The zero-order chi connectivity index (χ0) is 12.0. The van der Waals surface area contributed by atoms with Crippen LogP contribution in [0.5, 0.6) is 0 Å². The van der Waals surface area contributed by atoms with Gasteiger partial charge in [-0.2, -0.15) is 0 Å². The van der Waals surface area contributed by atoms with Crippen LogP contribution in [0.15, 0.2) is 16.7 Å². The van der Waals surface area contributed by atoms with E-state index >= 15 is 0 Å². The molecule has 0 saturated heterocycles. The number of hydrogen-bond acceptors (Lipinski definition) is 4. The van der Waals surface area contributed by atoms with Crippen LogP contribution < -0.4 is 5.32 Å². The third kappa shape index (κ3) is 4.04. The van der Waals surface area contributed by atoms with Crippen LogP contribution in [-0.4, -0.2) is 43.2 Å². The molecule has 1 rings (SSSR count). The summed E-state index contributed by atoms with van der Waals surface area (Å²) in [4.78, 5) is 12.8. The Kier molecular flexibility index (Phi) is 5.01. The first-order valence-corrected chi connectivity index (χ1v) is 5.26. The van der Waals surface area contributed by atoms with Crippen LogP contribution in [-0.2, 0) is 6.54 Å². The topological polar surface area (TPSA) is 65.7 Å². The van der Waals surface area contributed by atoms with Crippen molar-refractivity contribution in [3.63, 3.8) is 0 Å².